The first-order valence-corrected chi connectivity index (χ1v) is 3.06. The molecule has 1 rings (SSSR count). The van der Waals surface area contributed by atoms with Gasteiger partial charge >= 0.3 is 0 Å². The van der Waals surface area contributed by atoms with Crippen LogP contribution in [0, 0.1) is 6.08 Å². The zero-order valence-electron chi connectivity index (χ0n) is 6.89. The SMILES string of the molecule is CN(C)C.[C-]1=CC=CC1.[Ti]. The Kier molecular flexibility index (Phi) is 11.7. The van der Waals surface area contributed by atoms with Crippen LogP contribution in [-0.4, -0.2) is 26.0 Å². The maximum absolute atomic E-state index is 2.99. The van der Waals surface area contributed by atoms with Crippen LogP contribution in [0.25, 0.3) is 0 Å². The van der Waals surface area contributed by atoms with Gasteiger partial charge in [0.2, 0.25) is 0 Å². The Morgan fingerprint density at radius 1 is 1.30 bits per heavy atom. The zero-order chi connectivity index (χ0) is 7.11. The predicted octanol–water partition coefficient (Wildman–Crippen LogP) is 1.48. The second-order valence-electron chi connectivity index (χ2n) is 2.34. The third-order valence-electron chi connectivity index (χ3n) is 0.586. The molecule has 0 atom stereocenters. The molecule has 0 fully saturated rings. The molecule has 0 amide bonds. The van der Waals surface area contributed by atoms with Crippen LogP contribution < -0.4 is 0 Å². The third kappa shape index (κ3) is 15.7. The summed E-state index contributed by atoms with van der Waals surface area (Å²) in [6.45, 7) is 0. The molecule has 0 heterocycles. The summed E-state index contributed by atoms with van der Waals surface area (Å²) in [4.78, 5) is 2.00. The van der Waals surface area contributed by atoms with Crippen molar-refractivity contribution in [3.05, 3.63) is 24.3 Å². The summed E-state index contributed by atoms with van der Waals surface area (Å²) < 4.78 is 0. The van der Waals surface area contributed by atoms with Gasteiger partial charge in [-0.3, -0.25) is 6.08 Å². The maximum Gasteiger partial charge on any atom is 0 e. The molecule has 0 unspecified atom stereocenters. The van der Waals surface area contributed by atoms with Crippen molar-refractivity contribution in [1.29, 1.82) is 0 Å². The van der Waals surface area contributed by atoms with Gasteiger partial charge in [-0.2, -0.15) is 6.08 Å². The minimum Gasteiger partial charge on any atom is -0.312 e. The first-order valence-electron chi connectivity index (χ1n) is 3.06. The Bertz CT molecular complexity index is 93.1. The average Bonchev–Trinajstić information content (AvgIpc) is 2.11. The first-order chi connectivity index (χ1) is 4.23. The Balaban J connectivity index is 0. The molecule has 0 N–H and O–H groups in total. The molecule has 0 saturated carbocycles. The van der Waals surface area contributed by atoms with Gasteiger partial charge in [-0.25, -0.2) is 12.2 Å². The van der Waals surface area contributed by atoms with Crippen molar-refractivity contribution in [2.24, 2.45) is 0 Å². The largest absolute Gasteiger partial charge is 0.312 e. The number of allylic oxidation sites excluding steroid dienone is 4. The fourth-order valence-electron chi connectivity index (χ4n) is 0.340. The average molecular weight is 172 g/mol. The van der Waals surface area contributed by atoms with Crippen molar-refractivity contribution in [1.82, 2.24) is 4.90 Å². The Morgan fingerprint density at radius 3 is 1.90 bits per heavy atom. The molecule has 0 aromatic carbocycles. The molecule has 10 heavy (non-hydrogen) atoms. The van der Waals surface area contributed by atoms with E-state index in [0.29, 0.717) is 0 Å². The van der Waals surface area contributed by atoms with Gasteiger partial charge in [0.05, 0.1) is 0 Å². The van der Waals surface area contributed by atoms with E-state index in [9.17, 15) is 0 Å². The fraction of sp³-hybridized carbons (Fsp3) is 0.500. The number of hydrogen-bond donors (Lipinski definition) is 0. The molecular weight excluding hydrogens is 158 g/mol. The Labute approximate surface area is 78.7 Å². The van der Waals surface area contributed by atoms with Gasteiger partial charge in [0.25, 0.3) is 0 Å². The Hall–Kier alpha value is 0.154. The molecule has 0 aliphatic heterocycles. The van der Waals surface area contributed by atoms with Crippen molar-refractivity contribution in [3.63, 3.8) is 0 Å². The molecule has 56 valence electrons. The van der Waals surface area contributed by atoms with Gasteiger partial charge in [0.15, 0.2) is 0 Å². The summed E-state index contributed by atoms with van der Waals surface area (Å²) in [6.07, 6.45) is 10.0. The van der Waals surface area contributed by atoms with E-state index in [1.54, 1.807) is 0 Å². The monoisotopic (exact) mass is 172 g/mol. The van der Waals surface area contributed by atoms with Crippen molar-refractivity contribution in [3.8, 4) is 0 Å². The van der Waals surface area contributed by atoms with E-state index in [0.717, 1.165) is 6.42 Å². The quantitative estimate of drug-likeness (QED) is 0.395. The number of nitrogens with zero attached hydrogens (tertiary/aromatic N) is 1. The summed E-state index contributed by atoms with van der Waals surface area (Å²) in [5.41, 5.74) is 0. The van der Waals surface area contributed by atoms with Crippen LogP contribution in [0.4, 0.5) is 0 Å². The second kappa shape index (κ2) is 9.15. The molecule has 0 saturated heterocycles. The van der Waals surface area contributed by atoms with E-state index in [1.807, 2.05) is 38.2 Å². The van der Waals surface area contributed by atoms with Crippen LogP contribution in [0.15, 0.2) is 18.2 Å². The van der Waals surface area contributed by atoms with Crippen LogP contribution in [0.1, 0.15) is 6.42 Å². The second-order valence-corrected chi connectivity index (χ2v) is 2.34. The minimum absolute atomic E-state index is 0. The summed E-state index contributed by atoms with van der Waals surface area (Å²) in [5, 5.41) is 0. The topological polar surface area (TPSA) is 3.24 Å². The van der Waals surface area contributed by atoms with Crippen LogP contribution in [-0.2, 0) is 21.7 Å². The maximum atomic E-state index is 2.99. The molecule has 0 radical (unpaired) electrons. The molecule has 1 aliphatic rings. The van der Waals surface area contributed by atoms with Gasteiger partial charge in [0.1, 0.15) is 0 Å². The van der Waals surface area contributed by atoms with Gasteiger partial charge in [0, 0.05) is 21.7 Å². The molecule has 0 spiro atoms. The van der Waals surface area contributed by atoms with Crippen molar-refractivity contribution in [2.75, 3.05) is 21.1 Å². The zero-order valence-corrected chi connectivity index (χ0v) is 8.45. The normalized spacial score (nSPS) is 12.4. The molecule has 2 heteroatoms. The number of rotatable bonds is 0. The molecule has 0 aromatic rings. The first kappa shape index (κ1) is 12.8. The van der Waals surface area contributed by atoms with Gasteiger partial charge in [-0.15, -0.1) is 6.42 Å². The van der Waals surface area contributed by atoms with E-state index >= 15 is 0 Å². The summed E-state index contributed by atoms with van der Waals surface area (Å²) in [5.74, 6) is 0. The van der Waals surface area contributed by atoms with Crippen LogP contribution in [0.5, 0.6) is 0 Å². The summed E-state index contributed by atoms with van der Waals surface area (Å²) in [7, 11) is 6.00. The standard InChI is InChI=1S/C5H5.C3H9N.Ti/c1-2-4-5-3-1;1-4(2)3;/h1-3H,4H2;1-3H3;/q-1;;. The van der Waals surface area contributed by atoms with E-state index in [1.165, 1.54) is 0 Å². The van der Waals surface area contributed by atoms with Crippen molar-refractivity contribution < 1.29 is 21.7 Å². The van der Waals surface area contributed by atoms with Gasteiger partial charge in [-0.05, 0) is 21.1 Å². The van der Waals surface area contributed by atoms with Crippen LogP contribution >= 0.6 is 0 Å². The summed E-state index contributed by atoms with van der Waals surface area (Å²) >= 11 is 0. The van der Waals surface area contributed by atoms with Crippen LogP contribution in [0.3, 0.4) is 0 Å². The minimum atomic E-state index is 0. The predicted molar refractivity (Wildman–Crippen MR) is 41.2 cm³/mol. The molecule has 0 aromatic heterocycles. The summed E-state index contributed by atoms with van der Waals surface area (Å²) in [6, 6.07) is 0. The van der Waals surface area contributed by atoms with Crippen molar-refractivity contribution >= 4 is 0 Å². The van der Waals surface area contributed by atoms with E-state index in [2.05, 4.69) is 12.2 Å². The number of hydrogen-bond acceptors (Lipinski definition) is 1. The Morgan fingerprint density at radius 2 is 1.80 bits per heavy atom. The third-order valence-corrected chi connectivity index (χ3v) is 0.586. The fourth-order valence-corrected chi connectivity index (χ4v) is 0.340. The molecule has 1 aliphatic carbocycles. The van der Waals surface area contributed by atoms with E-state index in [-0.39, 0.29) is 21.7 Å². The van der Waals surface area contributed by atoms with E-state index < -0.39 is 0 Å². The van der Waals surface area contributed by atoms with Crippen LogP contribution in [0.2, 0.25) is 0 Å². The van der Waals surface area contributed by atoms with E-state index in [4.69, 9.17) is 0 Å². The van der Waals surface area contributed by atoms with Gasteiger partial charge in [-0.1, -0.05) is 0 Å². The molecular formula is C8H14NTi-. The smallest absolute Gasteiger partial charge is 0 e. The molecule has 1 nitrogen and oxygen atoms in total. The van der Waals surface area contributed by atoms with Crippen molar-refractivity contribution in [2.45, 2.75) is 6.42 Å². The molecule has 0 bridgehead atoms. The van der Waals surface area contributed by atoms with Gasteiger partial charge < -0.3 is 4.90 Å².